The Kier molecular flexibility index (Phi) is 4.74. The van der Waals surface area contributed by atoms with Crippen LogP contribution in [0.1, 0.15) is 5.56 Å². The fourth-order valence-corrected chi connectivity index (χ4v) is 2.04. The summed E-state index contributed by atoms with van der Waals surface area (Å²) in [6.45, 7) is 0.176. The van der Waals surface area contributed by atoms with Crippen molar-refractivity contribution in [1.29, 1.82) is 0 Å². The standard InChI is InChI=1S/C14H11BrFNO4/c1-20-10-2-4-12(15)9(6-10)8-21-11-3-5-14(17(18)19)13(16)7-11/h2-7H,8H2,1H3. The number of methoxy groups -OCH3 is 1. The van der Waals surface area contributed by atoms with Gasteiger partial charge in [0.1, 0.15) is 18.1 Å². The molecule has 0 saturated carbocycles. The molecule has 0 saturated heterocycles. The van der Waals surface area contributed by atoms with Crippen molar-refractivity contribution in [1.82, 2.24) is 0 Å². The van der Waals surface area contributed by atoms with Crippen LogP contribution in [-0.2, 0) is 6.61 Å². The Morgan fingerprint density at radius 1 is 1.24 bits per heavy atom. The van der Waals surface area contributed by atoms with E-state index < -0.39 is 16.4 Å². The summed E-state index contributed by atoms with van der Waals surface area (Å²) in [6.07, 6.45) is 0. The molecule has 0 unspecified atom stereocenters. The summed E-state index contributed by atoms with van der Waals surface area (Å²) < 4.78 is 24.8. The molecule has 7 heteroatoms. The lowest BCUT2D eigenvalue weighted by Crippen LogP contribution is -1.99. The topological polar surface area (TPSA) is 61.6 Å². The van der Waals surface area contributed by atoms with Gasteiger partial charge in [0.25, 0.3) is 0 Å². The average molecular weight is 356 g/mol. The van der Waals surface area contributed by atoms with Crippen LogP contribution in [0, 0.1) is 15.9 Å². The molecule has 0 amide bonds. The van der Waals surface area contributed by atoms with Crippen molar-refractivity contribution < 1.29 is 18.8 Å². The molecule has 0 bridgehead atoms. The van der Waals surface area contributed by atoms with Crippen LogP contribution in [0.25, 0.3) is 0 Å². The molecular formula is C14H11BrFNO4. The molecule has 2 aromatic carbocycles. The zero-order valence-corrected chi connectivity index (χ0v) is 12.6. The maximum Gasteiger partial charge on any atom is 0.305 e. The van der Waals surface area contributed by atoms with Gasteiger partial charge in [-0.1, -0.05) is 15.9 Å². The van der Waals surface area contributed by atoms with E-state index in [0.717, 1.165) is 22.2 Å². The van der Waals surface area contributed by atoms with Crippen LogP contribution in [0.3, 0.4) is 0 Å². The van der Waals surface area contributed by atoms with Gasteiger partial charge in [0.2, 0.25) is 5.82 Å². The lowest BCUT2D eigenvalue weighted by atomic mass is 10.2. The van der Waals surface area contributed by atoms with Crippen LogP contribution in [0.4, 0.5) is 10.1 Å². The molecule has 0 atom stereocenters. The molecule has 0 aliphatic heterocycles. The highest BCUT2D eigenvalue weighted by atomic mass is 79.9. The predicted molar refractivity (Wildman–Crippen MR) is 78.1 cm³/mol. The SMILES string of the molecule is COc1ccc(Br)c(COc2ccc([N+](=O)[O-])c(F)c2)c1. The smallest absolute Gasteiger partial charge is 0.305 e. The van der Waals surface area contributed by atoms with Gasteiger partial charge < -0.3 is 9.47 Å². The summed E-state index contributed by atoms with van der Waals surface area (Å²) in [5.74, 6) is -0.0401. The zero-order valence-electron chi connectivity index (χ0n) is 11.0. The summed E-state index contributed by atoms with van der Waals surface area (Å²) in [7, 11) is 1.56. The van der Waals surface area contributed by atoms with Gasteiger partial charge in [-0.25, -0.2) is 0 Å². The molecule has 110 valence electrons. The van der Waals surface area contributed by atoms with Crippen molar-refractivity contribution in [2.75, 3.05) is 7.11 Å². The molecule has 0 N–H and O–H groups in total. The lowest BCUT2D eigenvalue weighted by molar-refractivity contribution is -0.387. The average Bonchev–Trinajstić information content (AvgIpc) is 2.46. The Hall–Kier alpha value is -2.15. The molecular weight excluding hydrogens is 345 g/mol. The highest BCUT2D eigenvalue weighted by molar-refractivity contribution is 9.10. The molecule has 2 aromatic rings. The molecule has 0 aromatic heterocycles. The fourth-order valence-electron chi connectivity index (χ4n) is 1.68. The maximum absolute atomic E-state index is 13.5. The molecule has 2 rings (SSSR count). The van der Waals surface area contributed by atoms with E-state index in [1.807, 2.05) is 6.07 Å². The Balaban J connectivity index is 2.13. The van der Waals surface area contributed by atoms with Gasteiger partial charge in [0.05, 0.1) is 12.0 Å². The number of ether oxygens (including phenoxy) is 2. The zero-order chi connectivity index (χ0) is 15.4. The van der Waals surface area contributed by atoms with E-state index in [-0.39, 0.29) is 12.4 Å². The summed E-state index contributed by atoms with van der Waals surface area (Å²) in [4.78, 5) is 9.75. The van der Waals surface area contributed by atoms with Gasteiger partial charge in [0.15, 0.2) is 0 Å². The van der Waals surface area contributed by atoms with E-state index in [1.165, 1.54) is 6.07 Å². The van der Waals surface area contributed by atoms with Gasteiger partial charge in [-0.3, -0.25) is 10.1 Å². The highest BCUT2D eigenvalue weighted by Gasteiger charge is 2.14. The summed E-state index contributed by atoms with van der Waals surface area (Å²) >= 11 is 3.38. The molecule has 0 aliphatic rings. The Morgan fingerprint density at radius 3 is 2.57 bits per heavy atom. The third-order valence-corrected chi connectivity index (χ3v) is 3.54. The number of nitro benzene ring substituents is 1. The van der Waals surface area contributed by atoms with Crippen molar-refractivity contribution in [2.24, 2.45) is 0 Å². The number of hydrogen-bond acceptors (Lipinski definition) is 4. The minimum absolute atomic E-state index is 0.176. The van der Waals surface area contributed by atoms with Gasteiger partial charge in [-0.2, -0.15) is 4.39 Å². The summed E-state index contributed by atoms with van der Waals surface area (Å²) in [6, 6.07) is 8.81. The third kappa shape index (κ3) is 3.69. The first-order valence-electron chi connectivity index (χ1n) is 5.90. The van der Waals surface area contributed by atoms with Crippen molar-refractivity contribution in [3.05, 3.63) is 62.4 Å². The van der Waals surface area contributed by atoms with E-state index in [4.69, 9.17) is 9.47 Å². The Labute approximate surface area is 128 Å². The van der Waals surface area contributed by atoms with Crippen molar-refractivity contribution in [3.8, 4) is 11.5 Å². The number of rotatable bonds is 5. The van der Waals surface area contributed by atoms with Crippen LogP contribution in [-0.4, -0.2) is 12.0 Å². The van der Waals surface area contributed by atoms with Crippen LogP contribution in [0.2, 0.25) is 0 Å². The summed E-state index contributed by atoms with van der Waals surface area (Å²) in [5.41, 5.74) is 0.234. The van der Waals surface area contributed by atoms with Gasteiger partial charge in [-0.05, 0) is 24.3 Å². The number of halogens is 2. The number of nitrogens with zero attached hydrogens (tertiary/aromatic N) is 1. The number of benzene rings is 2. The second-order valence-electron chi connectivity index (χ2n) is 4.12. The number of hydrogen-bond donors (Lipinski definition) is 0. The fraction of sp³-hybridized carbons (Fsp3) is 0.143. The largest absolute Gasteiger partial charge is 0.497 e. The lowest BCUT2D eigenvalue weighted by Gasteiger charge is -2.09. The van der Waals surface area contributed by atoms with Crippen molar-refractivity contribution in [3.63, 3.8) is 0 Å². The molecule has 0 aliphatic carbocycles. The first-order valence-corrected chi connectivity index (χ1v) is 6.69. The normalized spacial score (nSPS) is 10.2. The van der Waals surface area contributed by atoms with Gasteiger partial charge >= 0.3 is 5.69 Å². The predicted octanol–water partition coefficient (Wildman–Crippen LogP) is 4.08. The van der Waals surface area contributed by atoms with Crippen LogP contribution in [0.15, 0.2) is 40.9 Å². The van der Waals surface area contributed by atoms with Crippen LogP contribution in [0.5, 0.6) is 11.5 Å². The highest BCUT2D eigenvalue weighted by Crippen LogP contribution is 2.26. The first kappa shape index (κ1) is 15.2. The van der Waals surface area contributed by atoms with E-state index in [9.17, 15) is 14.5 Å². The third-order valence-electron chi connectivity index (χ3n) is 2.76. The second-order valence-corrected chi connectivity index (χ2v) is 4.97. The van der Waals surface area contributed by atoms with E-state index in [0.29, 0.717) is 5.75 Å². The Bertz CT molecular complexity index is 678. The van der Waals surface area contributed by atoms with Gasteiger partial charge in [-0.15, -0.1) is 0 Å². The van der Waals surface area contributed by atoms with E-state index >= 15 is 0 Å². The molecule has 21 heavy (non-hydrogen) atoms. The molecule has 5 nitrogen and oxygen atoms in total. The molecule has 0 spiro atoms. The monoisotopic (exact) mass is 355 g/mol. The molecule has 0 radical (unpaired) electrons. The maximum atomic E-state index is 13.5. The minimum atomic E-state index is -0.929. The van der Waals surface area contributed by atoms with Crippen molar-refractivity contribution >= 4 is 21.6 Å². The summed E-state index contributed by atoms with van der Waals surface area (Å²) in [5, 5.41) is 10.5. The van der Waals surface area contributed by atoms with Crippen LogP contribution >= 0.6 is 15.9 Å². The Morgan fingerprint density at radius 2 is 1.95 bits per heavy atom. The first-order chi connectivity index (χ1) is 10.0. The second kappa shape index (κ2) is 6.53. The number of nitro groups is 1. The quantitative estimate of drug-likeness (QED) is 0.598. The van der Waals surface area contributed by atoms with E-state index in [2.05, 4.69) is 15.9 Å². The van der Waals surface area contributed by atoms with E-state index in [1.54, 1.807) is 19.2 Å². The van der Waals surface area contributed by atoms with Crippen LogP contribution < -0.4 is 9.47 Å². The minimum Gasteiger partial charge on any atom is -0.497 e. The van der Waals surface area contributed by atoms with Gasteiger partial charge in [0, 0.05) is 22.2 Å². The molecule has 0 heterocycles. The van der Waals surface area contributed by atoms with Crippen molar-refractivity contribution in [2.45, 2.75) is 6.61 Å². The molecule has 0 fully saturated rings.